The first-order chi connectivity index (χ1) is 12.8. The number of unbranched alkanes of at least 4 members (excludes halogenated alkanes) is 8. The van der Waals surface area contributed by atoms with Gasteiger partial charge in [0.2, 0.25) is 0 Å². The molecule has 142 valence electrons. The fraction of sp³-hybridized carbons (Fsp3) is 0.560. The molecule has 0 saturated carbocycles. The highest BCUT2D eigenvalue weighted by Crippen LogP contribution is 2.19. The molecular weight excluding hydrogens is 314 g/mol. The van der Waals surface area contributed by atoms with Gasteiger partial charge in [-0.25, -0.2) is 0 Å². The monoisotopic (exact) mass is 351 g/mol. The molecule has 0 radical (unpaired) electrons. The number of rotatable bonds is 13. The summed E-state index contributed by atoms with van der Waals surface area (Å²) in [5.41, 5.74) is 5.14. The van der Waals surface area contributed by atoms with Gasteiger partial charge in [0.05, 0.1) is 5.69 Å². The average Bonchev–Trinajstić information content (AvgIpc) is 2.69. The summed E-state index contributed by atoms with van der Waals surface area (Å²) >= 11 is 0. The Kier molecular flexibility index (Phi) is 10.1. The molecule has 1 nitrogen and oxygen atoms in total. The van der Waals surface area contributed by atoms with Gasteiger partial charge in [-0.3, -0.25) is 4.98 Å². The Labute approximate surface area is 161 Å². The molecule has 0 aliphatic rings. The van der Waals surface area contributed by atoms with Crippen molar-refractivity contribution in [2.75, 3.05) is 0 Å². The van der Waals surface area contributed by atoms with Crippen molar-refractivity contribution in [3.05, 3.63) is 53.7 Å². The Morgan fingerprint density at radius 2 is 1.12 bits per heavy atom. The van der Waals surface area contributed by atoms with E-state index in [9.17, 15) is 0 Å². The van der Waals surface area contributed by atoms with Crippen LogP contribution in [-0.4, -0.2) is 4.98 Å². The molecule has 0 amide bonds. The van der Waals surface area contributed by atoms with E-state index in [4.69, 9.17) is 0 Å². The Morgan fingerprint density at radius 1 is 0.577 bits per heavy atom. The lowest BCUT2D eigenvalue weighted by Crippen LogP contribution is -1.91. The zero-order chi connectivity index (χ0) is 18.5. The van der Waals surface area contributed by atoms with Crippen LogP contribution in [0, 0.1) is 0 Å². The van der Waals surface area contributed by atoms with Crippen LogP contribution in [0.1, 0.15) is 89.2 Å². The summed E-state index contributed by atoms with van der Waals surface area (Å²) in [6.07, 6.45) is 17.8. The molecule has 26 heavy (non-hydrogen) atoms. The Bertz CT molecular complexity index is 527. The maximum absolute atomic E-state index is 4.69. The number of aromatic nitrogens is 1. The molecule has 2 aromatic rings. The van der Waals surface area contributed by atoms with E-state index in [0.717, 1.165) is 12.1 Å². The minimum Gasteiger partial charge on any atom is -0.256 e. The molecule has 0 unspecified atom stereocenters. The molecule has 1 aromatic carbocycles. The third-order valence-corrected chi connectivity index (χ3v) is 5.21. The summed E-state index contributed by atoms with van der Waals surface area (Å²) in [6.45, 7) is 4.54. The summed E-state index contributed by atoms with van der Waals surface area (Å²) < 4.78 is 0. The van der Waals surface area contributed by atoms with Crippen LogP contribution in [0.15, 0.2) is 42.6 Å². The van der Waals surface area contributed by atoms with Gasteiger partial charge < -0.3 is 0 Å². The lowest BCUT2D eigenvalue weighted by molar-refractivity contribution is 0.632. The molecule has 0 atom stereocenters. The van der Waals surface area contributed by atoms with Gasteiger partial charge in [-0.05, 0) is 42.9 Å². The zero-order valence-electron chi connectivity index (χ0n) is 17.0. The molecule has 0 aliphatic heterocycles. The average molecular weight is 352 g/mol. The maximum Gasteiger partial charge on any atom is 0.0702 e. The fourth-order valence-corrected chi connectivity index (χ4v) is 3.45. The zero-order valence-corrected chi connectivity index (χ0v) is 17.0. The van der Waals surface area contributed by atoms with Gasteiger partial charge in [0.25, 0.3) is 0 Å². The summed E-state index contributed by atoms with van der Waals surface area (Å²) in [6, 6.07) is 13.4. The van der Waals surface area contributed by atoms with Crippen molar-refractivity contribution in [3.8, 4) is 11.3 Å². The van der Waals surface area contributed by atoms with Gasteiger partial charge in [0.1, 0.15) is 0 Å². The molecule has 0 bridgehead atoms. The summed E-state index contributed by atoms with van der Waals surface area (Å²) in [4.78, 5) is 4.69. The van der Waals surface area contributed by atoms with Gasteiger partial charge >= 0.3 is 0 Å². The van der Waals surface area contributed by atoms with E-state index in [1.165, 1.54) is 87.3 Å². The number of pyridine rings is 1. The van der Waals surface area contributed by atoms with E-state index < -0.39 is 0 Å². The van der Waals surface area contributed by atoms with Gasteiger partial charge in [0, 0.05) is 11.8 Å². The van der Waals surface area contributed by atoms with Crippen molar-refractivity contribution >= 4 is 0 Å². The molecule has 0 aliphatic carbocycles. The molecule has 0 N–H and O–H groups in total. The van der Waals surface area contributed by atoms with E-state index >= 15 is 0 Å². The Morgan fingerprint density at radius 3 is 1.65 bits per heavy atom. The van der Waals surface area contributed by atoms with Crippen LogP contribution >= 0.6 is 0 Å². The first kappa shape index (κ1) is 20.7. The third-order valence-electron chi connectivity index (χ3n) is 5.21. The SMILES string of the molecule is CCCCCCCc1ccc(-c2ccc(CCCCCCC)cn2)cc1. The second-order valence-electron chi connectivity index (χ2n) is 7.58. The molecule has 1 aromatic heterocycles. The summed E-state index contributed by atoms with van der Waals surface area (Å²) in [7, 11) is 0. The van der Waals surface area contributed by atoms with Gasteiger partial charge in [-0.1, -0.05) is 95.5 Å². The molecular formula is C25H37N. The van der Waals surface area contributed by atoms with Crippen molar-refractivity contribution in [2.24, 2.45) is 0 Å². The number of nitrogens with zero attached hydrogens (tertiary/aromatic N) is 1. The Balaban J connectivity index is 1.77. The second-order valence-corrected chi connectivity index (χ2v) is 7.58. The summed E-state index contributed by atoms with van der Waals surface area (Å²) in [5.74, 6) is 0. The highest BCUT2D eigenvalue weighted by Gasteiger charge is 2.01. The van der Waals surface area contributed by atoms with Crippen molar-refractivity contribution in [3.63, 3.8) is 0 Å². The number of benzene rings is 1. The third kappa shape index (κ3) is 7.72. The van der Waals surface area contributed by atoms with Crippen LogP contribution < -0.4 is 0 Å². The van der Waals surface area contributed by atoms with Crippen LogP contribution in [0.3, 0.4) is 0 Å². The van der Waals surface area contributed by atoms with E-state index in [1.807, 2.05) is 0 Å². The number of hydrogen-bond acceptors (Lipinski definition) is 1. The van der Waals surface area contributed by atoms with E-state index in [2.05, 4.69) is 61.4 Å². The van der Waals surface area contributed by atoms with E-state index in [1.54, 1.807) is 0 Å². The van der Waals surface area contributed by atoms with Crippen LogP contribution in [-0.2, 0) is 12.8 Å². The topological polar surface area (TPSA) is 12.9 Å². The van der Waals surface area contributed by atoms with Gasteiger partial charge in [0.15, 0.2) is 0 Å². The largest absolute Gasteiger partial charge is 0.256 e. The van der Waals surface area contributed by atoms with Gasteiger partial charge in [-0.15, -0.1) is 0 Å². The lowest BCUT2D eigenvalue weighted by atomic mass is 10.0. The maximum atomic E-state index is 4.69. The van der Waals surface area contributed by atoms with Crippen molar-refractivity contribution in [1.82, 2.24) is 4.98 Å². The molecule has 0 spiro atoms. The van der Waals surface area contributed by atoms with E-state index in [-0.39, 0.29) is 0 Å². The molecule has 0 fully saturated rings. The first-order valence-electron chi connectivity index (χ1n) is 10.9. The van der Waals surface area contributed by atoms with Crippen LogP contribution in [0.4, 0.5) is 0 Å². The smallest absolute Gasteiger partial charge is 0.0702 e. The van der Waals surface area contributed by atoms with E-state index in [0.29, 0.717) is 0 Å². The molecule has 0 saturated heterocycles. The summed E-state index contributed by atoms with van der Waals surface area (Å²) in [5, 5.41) is 0. The highest BCUT2D eigenvalue weighted by atomic mass is 14.7. The predicted octanol–water partition coefficient (Wildman–Crippen LogP) is 7.77. The van der Waals surface area contributed by atoms with Crippen LogP contribution in [0.25, 0.3) is 11.3 Å². The fourth-order valence-electron chi connectivity index (χ4n) is 3.45. The number of hydrogen-bond donors (Lipinski definition) is 0. The van der Waals surface area contributed by atoms with Crippen molar-refractivity contribution in [2.45, 2.75) is 90.9 Å². The lowest BCUT2D eigenvalue weighted by Gasteiger charge is -2.06. The number of aryl methyl sites for hydroxylation is 2. The van der Waals surface area contributed by atoms with Crippen molar-refractivity contribution < 1.29 is 0 Å². The first-order valence-corrected chi connectivity index (χ1v) is 10.9. The molecule has 1 heterocycles. The second kappa shape index (κ2) is 12.7. The van der Waals surface area contributed by atoms with Crippen molar-refractivity contribution in [1.29, 1.82) is 0 Å². The van der Waals surface area contributed by atoms with Gasteiger partial charge in [-0.2, -0.15) is 0 Å². The highest BCUT2D eigenvalue weighted by molar-refractivity contribution is 5.59. The Hall–Kier alpha value is -1.63. The minimum absolute atomic E-state index is 1.09. The van der Waals surface area contributed by atoms with Crippen LogP contribution in [0.5, 0.6) is 0 Å². The standard InChI is InChI=1S/C25H37N/c1-3-5-7-9-11-13-22-15-18-24(19-16-22)25-20-17-23(21-26-25)14-12-10-8-6-4-2/h15-21H,3-14H2,1-2H3. The molecule has 2 rings (SSSR count). The minimum atomic E-state index is 1.09. The van der Waals surface area contributed by atoms with Crippen LogP contribution in [0.2, 0.25) is 0 Å². The predicted molar refractivity (Wildman–Crippen MR) is 115 cm³/mol. The molecule has 1 heteroatoms. The normalized spacial score (nSPS) is 11.0. The quantitative estimate of drug-likeness (QED) is 0.336.